The number of hydrogen-bond acceptors (Lipinski definition) is 12. The Morgan fingerprint density at radius 2 is 1.83 bits per heavy atom. The number of rotatable bonds is 9. The summed E-state index contributed by atoms with van der Waals surface area (Å²) in [6, 6.07) is 5.54. The van der Waals surface area contributed by atoms with Crippen LogP contribution in [0.15, 0.2) is 41.3 Å². The van der Waals surface area contributed by atoms with Crippen molar-refractivity contribution >= 4 is 23.1 Å². The van der Waals surface area contributed by atoms with Gasteiger partial charge in [-0.05, 0) is 32.0 Å². The fourth-order valence-corrected chi connectivity index (χ4v) is 4.32. The van der Waals surface area contributed by atoms with E-state index in [4.69, 9.17) is 24.4 Å². The third-order valence-electron chi connectivity index (χ3n) is 6.40. The second-order valence-electron chi connectivity index (χ2n) is 9.15. The summed E-state index contributed by atoms with van der Waals surface area (Å²) >= 11 is 0. The largest absolute Gasteiger partial charge is 0.484 e. The monoisotopic (exact) mass is 569 g/mol. The lowest BCUT2D eigenvalue weighted by Crippen LogP contribution is -2.43. The number of ether oxygens (including phenoxy) is 3. The van der Waals surface area contributed by atoms with Crippen LogP contribution in [0.3, 0.4) is 0 Å². The molecule has 1 fully saturated rings. The van der Waals surface area contributed by atoms with Crippen molar-refractivity contribution in [2.75, 3.05) is 40.0 Å². The summed E-state index contributed by atoms with van der Waals surface area (Å²) in [6.45, 7) is 4.93. The molecule has 41 heavy (non-hydrogen) atoms. The molecule has 0 aromatic carbocycles. The molecule has 0 bridgehead atoms. The number of fused-ring (bicyclic) bond motifs is 2. The Labute approximate surface area is 234 Å². The van der Waals surface area contributed by atoms with Crippen LogP contribution < -0.4 is 25.1 Å². The zero-order chi connectivity index (χ0) is 29.2. The van der Waals surface area contributed by atoms with E-state index in [1.165, 1.54) is 0 Å². The van der Waals surface area contributed by atoms with Crippen LogP contribution >= 0.6 is 0 Å². The highest BCUT2D eigenvalue weighted by molar-refractivity contribution is 5.89. The van der Waals surface area contributed by atoms with E-state index in [1.807, 2.05) is 6.07 Å². The molecule has 0 saturated carbocycles. The highest BCUT2D eigenvalue weighted by Gasteiger charge is 2.20. The normalized spacial score (nSPS) is 15.3. The van der Waals surface area contributed by atoms with Gasteiger partial charge in [0, 0.05) is 50.0 Å². The summed E-state index contributed by atoms with van der Waals surface area (Å²) in [4.78, 5) is 42.7. The maximum Gasteiger partial charge on any atom is 0.328 e. The van der Waals surface area contributed by atoms with Crippen LogP contribution in [0, 0.1) is 0 Å². The van der Waals surface area contributed by atoms with Gasteiger partial charge in [-0.25, -0.2) is 14.6 Å². The van der Waals surface area contributed by atoms with Gasteiger partial charge in [-0.1, -0.05) is 0 Å². The molecule has 0 radical (unpaired) electrons. The first-order chi connectivity index (χ1) is 19.8. The summed E-state index contributed by atoms with van der Waals surface area (Å²) in [5, 5.41) is 27.5. The van der Waals surface area contributed by atoms with Crippen molar-refractivity contribution in [3.05, 3.63) is 52.6 Å². The molecular formula is C26H31N7O8. The van der Waals surface area contributed by atoms with Gasteiger partial charge in [0.25, 0.3) is 11.4 Å². The Hall–Kier alpha value is -4.63. The van der Waals surface area contributed by atoms with Gasteiger partial charge in [-0.3, -0.25) is 9.36 Å². The lowest BCUT2D eigenvalue weighted by Gasteiger charge is -2.32. The molecule has 0 amide bonds. The first-order valence-corrected chi connectivity index (χ1v) is 12.9. The number of piperidine rings is 1. The lowest BCUT2D eigenvalue weighted by atomic mass is 10.0. The minimum atomic E-state index is -1.26. The maximum absolute atomic E-state index is 12.5. The molecule has 5 rings (SSSR count). The van der Waals surface area contributed by atoms with E-state index in [2.05, 4.69) is 30.4 Å². The molecule has 15 nitrogen and oxygen atoms in total. The molecule has 15 heteroatoms. The summed E-state index contributed by atoms with van der Waals surface area (Å²) < 4.78 is 17.9. The zero-order valence-electron chi connectivity index (χ0n) is 22.4. The fraction of sp³-hybridized carbons (Fsp3) is 0.423. The molecule has 2 aliphatic heterocycles. The van der Waals surface area contributed by atoms with E-state index >= 15 is 0 Å². The minimum Gasteiger partial charge on any atom is -0.484 e. The predicted molar refractivity (Wildman–Crippen MR) is 144 cm³/mol. The molecule has 0 unspecified atom stereocenters. The summed E-state index contributed by atoms with van der Waals surface area (Å²) in [6.07, 6.45) is 4.72. The second-order valence-corrected chi connectivity index (χ2v) is 9.15. The molecule has 3 N–H and O–H groups in total. The number of carboxylic acids is 2. The second kappa shape index (κ2) is 14.1. The molecule has 5 heterocycles. The third-order valence-corrected chi connectivity index (χ3v) is 6.40. The van der Waals surface area contributed by atoms with Crippen LogP contribution in [0.4, 0.5) is 0 Å². The Bertz CT molecular complexity index is 1440. The summed E-state index contributed by atoms with van der Waals surface area (Å²) in [7, 11) is 1.54. The first kappa shape index (κ1) is 29.4. The molecular weight excluding hydrogens is 538 g/mol. The van der Waals surface area contributed by atoms with E-state index < -0.39 is 11.9 Å². The number of pyridine rings is 1. The molecule has 218 valence electrons. The predicted octanol–water partition coefficient (Wildman–Crippen LogP) is 0.327. The van der Waals surface area contributed by atoms with Gasteiger partial charge in [0.15, 0.2) is 11.4 Å². The topological polar surface area (TPSA) is 191 Å². The number of carboxylic acid groups (broad SMARTS) is 2. The van der Waals surface area contributed by atoms with Crippen LogP contribution in [0.1, 0.15) is 18.5 Å². The summed E-state index contributed by atoms with van der Waals surface area (Å²) in [5.41, 5.74) is 2.00. The molecule has 0 atom stereocenters. The molecule has 0 aliphatic carbocycles. The quantitative estimate of drug-likeness (QED) is 0.299. The zero-order valence-corrected chi connectivity index (χ0v) is 22.4. The van der Waals surface area contributed by atoms with Gasteiger partial charge < -0.3 is 34.6 Å². The maximum atomic E-state index is 12.5. The highest BCUT2D eigenvalue weighted by Crippen LogP contribution is 2.26. The van der Waals surface area contributed by atoms with E-state index in [-0.39, 0.29) is 5.56 Å². The number of likely N-dealkylation sites (tertiary alicyclic amines) is 1. The number of carbonyl (C=O) groups is 2. The van der Waals surface area contributed by atoms with Crippen LogP contribution in [-0.2, 0) is 22.7 Å². The molecule has 2 aliphatic rings. The fourth-order valence-electron chi connectivity index (χ4n) is 4.32. The van der Waals surface area contributed by atoms with Crippen LogP contribution in [0.5, 0.6) is 17.5 Å². The van der Waals surface area contributed by atoms with E-state index in [0.717, 1.165) is 38.2 Å². The Kier molecular flexibility index (Phi) is 10.1. The van der Waals surface area contributed by atoms with Crippen molar-refractivity contribution in [1.82, 2.24) is 34.9 Å². The lowest BCUT2D eigenvalue weighted by molar-refractivity contribution is -0.134. The van der Waals surface area contributed by atoms with E-state index in [0.29, 0.717) is 73.2 Å². The summed E-state index contributed by atoms with van der Waals surface area (Å²) in [5.74, 6) is -0.988. The third kappa shape index (κ3) is 8.43. The Morgan fingerprint density at radius 3 is 2.54 bits per heavy atom. The van der Waals surface area contributed by atoms with Crippen molar-refractivity contribution < 1.29 is 34.0 Å². The van der Waals surface area contributed by atoms with E-state index in [9.17, 15) is 14.4 Å². The van der Waals surface area contributed by atoms with Crippen molar-refractivity contribution in [3.63, 3.8) is 0 Å². The van der Waals surface area contributed by atoms with Crippen molar-refractivity contribution in [2.24, 2.45) is 0 Å². The standard InChI is InChI=1S/C22H27N7O4.C4H4O4/c1-31-19-14-24-17-2-3-20(30)29(21(17)25-19)9-8-28-6-4-15(5-7-28)23-13-16-12-18-22(27-26-16)33-11-10-32-18;5-3(6)1-2-4(7)8/h2-3,12,14-15,23H,4-11,13H2,1H3;1-2H,(H,5,6)(H,7,8). The molecule has 3 aromatic rings. The van der Waals surface area contributed by atoms with E-state index in [1.54, 1.807) is 30.0 Å². The smallest absolute Gasteiger partial charge is 0.328 e. The van der Waals surface area contributed by atoms with Crippen molar-refractivity contribution in [1.29, 1.82) is 0 Å². The van der Waals surface area contributed by atoms with Crippen molar-refractivity contribution in [2.45, 2.75) is 32.0 Å². The van der Waals surface area contributed by atoms with Gasteiger partial charge in [0.2, 0.25) is 5.88 Å². The van der Waals surface area contributed by atoms with Crippen LogP contribution in [0.25, 0.3) is 11.2 Å². The number of methoxy groups -OCH3 is 1. The van der Waals surface area contributed by atoms with Gasteiger partial charge in [-0.15, -0.1) is 5.10 Å². The van der Waals surface area contributed by atoms with Gasteiger partial charge in [0.1, 0.15) is 18.7 Å². The van der Waals surface area contributed by atoms with Gasteiger partial charge in [0.05, 0.1) is 19.0 Å². The highest BCUT2D eigenvalue weighted by atomic mass is 16.6. The number of nitrogens with one attached hydrogen (secondary N) is 1. The van der Waals surface area contributed by atoms with Crippen molar-refractivity contribution in [3.8, 4) is 17.5 Å². The van der Waals surface area contributed by atoms with Crippen LogP contribution in [0.2, 0.25) is 0 Å². The number of nitrogens with zero attached hydrogens (tertiary/aromatic N) is 6. The molecule has 3 aromatic heterocycles. The number of hydrogen-bond donors (Lipinski definition) is 3. The first-order valence-electron chi connectivity index (χ1n) is 12.9. The number of aliphatic carboxylic acids is 2. The number of aromatic nitrogens is 5. The molecule has 0 spiro atoms. The van der Waals surface area contributed by atoms with Crippen LogP contribution in [-0.4, -0.2) is 97.8 Å². The van der Waals surface area contributed by atoms with Gasteiger partial charge in [-0.2, -0.15) is 10.1 Å². The Morgan fingerprint density at radius 1 is 1.10 bits per heavy atom. The average molecular weight is 570 g/mol. The molecule has 1 saturated heterocycles. The van der Waals surface area contributed by atoms with Gasteiger partial charge >= 0.3 is 11.9 Å². The average Bonchev–Trinajstić information content (AvgIpc) is 2.99. The SMILES string of the molecule is COc1cnc2ccc(=O)n(CCN3CCC(NCc4cc5c(nn4)OCCO5)CC3)c2n1.O=C(O)C=CC(=O)O. The Balaban J connectivity index is 0.000000426. The minimum absolute atomic E-state index is 0.0813.